The predicted octanol–water partition coefficient (Wildman–Crippen LogP) is 0.552. The van der Waals surface area contributed by atoms with Crippen molar-refractivity contribution >= 4 is 10.9 Å². The van der Waals surface area contributed by atoms with E-state index in [-0.39, 0.29) is 0 Å². The summed E-state index contributed by atoms with van der Waals surface area (Å²) in [7, 11) is 0. The Morgan fingerprint density at radius 2 is 2.00 bits per heavy atom. The van der Waals surface area contributed by atoms with Crippen LogP contribution < -0.4 is 10.7 Å². The van der Waals surface area contributed by atoms with Crippen molar-refractivity contribution in [3.8, 4) is 0 Å². The monoisotopic (exact) mass is 412 g/mol. The molecule has 0 amide bonds. The molecule has 0 saturated heterocycles. The molecule has 3 nitrogen and oxygen atoms in total. The first-order valence-corrected chi connectivity index (χ1v) is 3.25. The third kappa shape index (κ3) is 0.988. The van der Waals surface area contributed by atoms with Gasteiger partial charge in [0.2, 0.25) is 0 Å². The zero-order valence-electron chi connectivity index (χ0n) is 6.40. The third-order valence-corrected chi connectivity index (χ3v) is 1.47. The molecule has 0 radical (unpaired) electrons. The van der Waals surface area contributed by atoms with Crippen molar-refractivity contribution < 1.29 is 0 Å². The largest absolute Gasteiger partial charge is 0.407 e. The van der Waals surface area contributed by atoms with Gasteiger partial charge in [-0.25, -0.2) is 0 Å². The molecule has 1 aromatic carbocycles. The van der Waals surface area contributed by atoms with Gasteiger partial charge in [0.25, 0.3) is 0 Å². The maximum atomic E-state index is 10.7. The van der Waals surface area contributed by atoms with Crippen LogP contribution in [-0.4, -0.2) is 4.98 Å². The topological polar surface area (TPSA) is 44.1 Å². The van der Waals surface area contributed by atoms with Crippen molar-refractivity contribution in [3.05, 3.63) is 40.9 Å². The Bertz CT molecular complexity index is 438. The number of para-hydroxylation sites is 1. The first kappa shape index (κ1) is 7.47. The van der Waals surface area contributed by atoms with E-state index in [1.807, 2.05) is 18.2 Å². The SMILES string of the molecule is O=c1ncc2ccccc2[n-]1.[Rf]. The zero-order chi connectivity index (χ0) is 7.68. The van der Waals surface area contributed by atoms with Crippen LogP contribution >= 0.6 is 0 Å². The number of rotatable bonds is 0. The van der Waals surface area contributed by atoms with Gasteiger partial charge in [0.05, 0.1) is 0 Å². The maximum absolute atomic E-state index is 10.7. The van der Waals surface area contributed by atoms with E-state index in [2.05, 4.69) is 9.97 Å². The van der Waals surface area contributed by atoms with Gasteiger partial charge >= 0.3 is 0 Å². The molecule has 0 aliphatic carbocycles. The number of nitrogens with zero attached hydrogens (tertiary/aromatic N) is 2. The van der Waals surface area contributed by atoms with Crippen LogP contribution in [0.5, 0.6) is 0 Å². The molecule has 1 heterocycles. The van der Waals surface area contributed by atoms with E-state index in [1.165, 1.54) is 6.20 Å². The normalized spacial score (nSPS) is 9.33. The summed E-state index contributed by atoms with van der Waals surface area (Å²) in [6.45, 7) is 0. The average molecular weight is 412 g/mol. The molecule has 0 aliphatic rings. The molecule has 12 heavy (non-hydrogen) atoms. The van der Waals surface area contributed by atoms with Gasteiger partial charge in [0.15, 0.2) is 5.69 Å². The number of benzene rings is 1. The molecule has 4 heteroatoms. The minimum absolute atomic E-state index is 0. The molecule has 2 rings (SSSR count). The molecule has 0 aliphatic heterocycles. The Morgan fingerprint density at radius 3 is 2.83 bits per heavy atom. The molecular weight excluding hydrogens is 407 g/mol. The fourth-order valence-electron chi connectivity index (χ4n) is 0.955. The van der Waals surface area contributed by atoms with Crippen LogP contribution in [0.1, 0.15) is 0 Å². The molecule has 56 valence electrons. The first-order valence-electron chi connectivity index (χ1n) is 3.25. The summed E-state index contributed by atoms with van der Waals surface area (Å²) in [5.41, 5.74) is 0.274. The summed E-state index contributed by atoms with van der Waals surface area (Å²) in [5, 5.41) is 0.895. The Kier molecular flexibility index (Phi) is 1.58. The Hall–Kier alpha value is -2.64. The van der Waals surface area contributed by atoms with Gasteiger partial charge < -0.3 is 9.97 Å². The standard InChI is InChI=1S/C8H6N2O.Rf/c11-8-9-5-6-3-1-2-4-7(6)10-8;/h1-5H,(H,9,10,11);/p-1. The minimum Gasteiger partial charge on any atom is -0.407 e. The first-order chi connectivity index (χ1) is 5.36. The summed E-state index contributed by atoms with van der Waals surface area (Å²) >= 11 is 0. The number of hydrogen-bond acceptors (Lipinski definition) is 2. The van der Waals surface area contributed by atoms with Crippen LogP contribution in [0.4, 0.5) is 0 Å². The Morgan fingerprint density at radius 1 is 1.25 bits per heavy atom. The van der Waals surface area contributed by atoms with E-state index in [9.17, 15) is 4.79 Å². The fraction of sp³-hybridized carbons (Fsp3) is 0. The van der Waals surface area contributed by atoms with Crippen LogP contribution in [0.15, 0.2) is 35.3 Å². The summed E-state index contributed by atoms with van der Waals surface area (Å²) in [6, 6.07) is 7.39. The van der Waals surface area contributed by atoms with Gasteiger partial charge in [-0.3, -0.25) is 4.79 Å². The Labute approximate surface area is 62.7 Å². The molecule has 0 bridgehead atoms. The van der Waals surface area contributed by atoms with E-state index >= 15 is 0 Å². The van der Waals surface area contributed by atoms with Gasteiger partial charge in [0.1, 0.15) is 0 Å². The zero-order valence-corrected chi connectivity index (χ0v) is 12.8. The molecule has 0 spiro atoms. The predicted molar refractivity (Wildman–Crippen MR) is 41.3 cm³/mol. The van der Waals surface area contributed by atoms with Gasteiger partial charge in [0, 0.05) is 0 Å². The number of aromatic nitrogens is 2. The van der Waals surface area contributed by atoms with Crippen LogP contribution in [0.2, 0.25) is 0 Å². The van der Waals surface area contributed by atoms with E-state index in [0.29, 0.717) is 5.52 Å². The van der Waals surface area contributed by atoms with Crippen molar-refractivity contribution in [1.29, 1.82) is 0 Å². The van der Waals surface area contributed by atoms with Crippen LogP contribution in [0, 0.1) is 0 Å². The smallest absolute Gasteiger partial charge is 0.162 e. The fourth-order valence-corrected chi connectivity index (χ4v) is 0.955. The van der Waals surface area contributed by atoms with Gasteiger partial charge in [-0.05, 0) is 10.9 Å². The molecule has 0 fully saturated rings. The maximum Gasteiger partial charge on any atom is 0.162 e. The molecule has 1 aromatic heterocycles. The summed E-state index contributed by atoms with van der Waals surface area (Å²) in [5.74, 6) is 0. The van der Waals surface area contributed by atoms with E-state index in [4.69, 9.17) is 0 Å². The van der Waals surface area contributed by atoms with E-state index in [0.717, 1.165) is 5.39 Å². The van der Waals surface area contributed by atoms with Gasteiger partial charge in [-0.1, -0.05) is 30.5 Å². The summed E-state index contributed by atoms with van der Waals surface area (Å²) < 4.78 is 0. The molecule has 0 N–H and O–H groups in total. The molecule has 0 atom stereocenters. The summed E-state index contributed by atoms with van der Waals surface area (Å²) in [6.07, 6.45) is 1.53. The van der Waals surface area contributed by atoms with Crippen molar-refractivity contribution in [3.63, 3.8) is 0 Å². The van der Waals surface area contributed by atoms with Gasteiger partial charge in [-0.15, -0.1) is 0 Å². The number of fused-ring (bicyclic) bond motifs is 1. The molecule has 2 aromatic rings. The molecule has 0 saturated carbocycles. The molecular formula is C8H5N2ORf-. The molecule has 0 unspecified atom stereocenters. The third-order valence-electron chi connectivity index (χ3n) is 1.47. The van der Waals surface area contributed by atoms with Gasteiger partial charge in [-0.2, -0.15) is 0 Å². The minimum atomic E-state index is -0.427. The van der Waals surface area contributed by atoms with Crippen molar-refractivity contribution in [2.24, 2.45) is 0 Å². The van der Waals surface area contributed by atoms with Crippen LogP contribution in [0.25, 0.3) is 10.9 Å². The number of hydrogen-bond donors (Lipinski definition) is 0. The van der Waals surface area contributed by atoms with Crippen molar-refractivity contribution in [2.45, 2.75) is 0 Å². The van der Waals surface area contributed by atoms with Crippen LogP contribution in [0.3, 0.4) is 0 Å². The average Bonchev–Trinajstić information content (AvgIpc) is 2.04. The van der Waals surface area contributed by atoms with Crippen molar-refractivity contribution in [2.75, 3.05) is 0 Å². The summed E-state index contributed by atoms with van der Waals surface area (Å²) in [4.78, 5) is 17.9. The second-order valence-corrected chi connectivity index (χ2v) is 2.21. The van der Waals surface area contributed by atoms with E-state index < -0.39 is 5.69 Å². The second-order valence-electron chi connectivity index (χ2n) is 2.21. The Balaban J connectivity index is 0.000000720. The van der Waals surface area contributed by atoms with E-state index in [1.54, 1.807) is 6.07 Å². The van der Waals surface area contributed by atoms with Crippen molar-refractivity contribution in [1.82, 2.24) is 9.97 Å². The van der Waals surface area contributed by atoms with Crippen LogP contribution in [-0.2, 0) is 0 Å². The second kappa shape index (κ2) is 2.54. The quantitative estimate of drug-likeness (QED) is 0.635.